The Balaban J connectivity index is 1.77. The van der Waals surface area contributed by atoms with Crippen LogP contribution in [0.15, 0.2) is 45.8 Å². The molecule has 1 N–H and O–H groups in total. The van der Waals surface area contributed by atoms with Gasteiger partial charge in [-0.25, -0.2) is 13.1 Å². The van der Waals surface area contributed by atoms with E-state index in [0.717, 1.165) is 30.4 Å². The van der Waals surface area contributed by atoms with Gasteiger partial charge in [0.1, 0.15) is 4.90 Å². The number of carbonyl (C=O) groups excluding carboxylic acids is 1. The molecule has 2 aliphatic rings. The Morgan fingerprint density at radius 2 is 1.96 bits per heavy atom. The van der Waals surface area contributed by atoms with Crippen LogP contribution >= 0.6 is 15.9 Å². The Labute approximate surface area is 174 Å². The number of nitrogens with one attached hydrogen (secondary N) is 1. The van der Waals surface area contributed by atoms with Crippen molar-refractivity contribution in [3.8, 4) is 0 Å². The van der Waals surface area contributed by atoms with Crippen LogP contribution in [0, 0.1) is 0 Å². The quantitative estimate of drug-likeness (QED) is 0.746. The lowest BCUT2D eigenvalue weighted by Crippen LogP contribution is -2.36. The summed E-state index contributed by atoms with van der Waals surface area (Å²) in [5.41, 5.74) is 3.63. The molecule has 0 unspecified atom stereocenters. The largest absolute Gasteiger partial charge is 0.308 e. The summed E-state index contributed by atoms with van der Waals surface area (Å²) in [5, 5.41) is 0. The third kappa shape index (κ3) is 3.40. The number of anilines is 1. The molecule has 1 aliphatic heterocycles. The summed E-state index contributed by atoms with van der Waals surface area (Å²) >= 11 is 3.44. The standard InChI is InChI=1S/C21H23BrN2O3S/c1-13-10-16-11-17(22)12-20(21(16)24(13)14(2)25)28(26,27)23-19-9-5-7-15-6-3-4-8-18(15)19/h3-4,6,8,11-13,19,23H,5,7,9-10H2,1-2H3/t13-,19+/m1/s1. The van der Waals surface area contributed by atoms with E-state index in [1.54, 1.807) is 11.0 Å². The molecule has 28 heavy (non-hydrogen) atoms. The van der Waals surface area contributed by atoms with E-state index in [1.807, 2.05) is 31.2 Å². The fraction of sp³-hybridized carbons (Fsp3) is 0.381. The van der Waals surface area contributed by atoms with E-state index >= 15 is 0 Å². The molecular weight excluding hydrogens is 440 g/mol. The zero-order valence-electron chi connectivity index (χ0n) is 15.9. The van der Waals surface area contributed by atoms with Gasteiger partial charge in [-0.3, -0.25) is 4.79 Å². The molecule has 2 aromatic rings. The van der Waals surface area contributed by atoms with Gasteiger partial charge < -0.3 is 4.90 Å². The minimum Gasteiger partial charge on any atom is -0.308 e. The van der Waals surface area contributed by atoms with Crippen molar-refractivity contribution in [2.75, 3.05) is 4.90 Å². The van der Waals surface area contributed by atoms with Crippen LogP contribution in [0.1, 0.15) is 49.4 Å². The number of rotatable bonds is 3. The number of halogens is 1. The Morgan fingerprint density at radius 1 is 1.21 bits per heavy atom. The Bertz CT molecular complexity index is 1050. The maximum absolute atomic E-state index is 13.4. The number of aryl methyl sites for hydroxylation is 1. The number of hydrogen-bond acceptors (Lipinski definition) is 3. The SMILES string of the molecule is CC(=O)N1c2c(cc(Br)cc2S(=O)(=O)N[C@H]2CCCc3ccccc32)C[C@H]1C. The summed E-state index contributed by atoms with van der Waals surface area (Å²) in [4.78, 5) is 14.0. The predicted octanol–water partition coefficient (Wildman–Crippen LogP) is 4.10. The number of carbonyl (C=O) groups is 1. The van der Waals surface area contributed by atoms with Crippen LogP contribution in [0.3, 0.4) is 0 Å². The van der Waals surface area contributed by atoms with Gasteiger partial charge in [0.05, 0.1) is 5.69 Å². The molecule has 2 atom stereocenters. The van der Waals surface area contributed by atoms with E-state index in [2.05, 4.69) is 26.7 Å². The predicted molar refractivity (Wildman–Crippen MR) is 113 cm³/mol. The molecule has 7 heteroatoms. The molecular formula is C21H23BrN2O3S. The molecule has 0 fully saturated rings. The van der Waals surface area contributed by atoms with E-state index in [9.17, 15) is 13.2 Å². The molecule has 0 radical (unpaired) electrons. The van der Waals surface area contributed by atoms with Crippen molar-refractivity contribution in [1.82, 2.24) is 4.72 Å². The monoisotopic (exact) mass is 462 g/mol. The van der Waals surface area contributed by atoms with Crippen molar-refractivity contribution < 1.29 is 13.2 Å². The molecule has 0 spiro atoms. The molecule has 0 saturated heterocycles. The second kappa shape index (κ2) is 7.28. The number of sulfonamides is 1. The highest BCUT2D eigenvalue weighted by molar-refractivity contribution is 9.10. The van der Waals surface area contributed by atoms with Crippen molar-refractivity contribution in [3.05, 3.63) is 57.6 Å². The first-order chi connectivity index (χ1) is 13.3. The summed E-state index contributed by atoms with van der Waals surface area (Å²) < 4.78 is 30.5. The Morgan fingerprint density at radius 3 is 2.71 bits per heavy atom. The average molecular weight is 463 g/mol. The lowest BCUT2D eigenvalue weighted by atomic mass is 9.88. The van der Waals surface area contributed by atoms with Crippen molar-refractivity contribution in [1.29, 1.82) is 0 Å². The normalized spacial score (nSPS) is 21.3. The van der Waals surface area contributed by atoms with Crippen LogP contribution < -0.4 is 9.62 Å². The number of hydrogen-bond donors (Lipinski definition) is 1. The van der Waals surface area contributed by atoms with Crippen molar-refractivity contribution in [2.24, 2.45) is 0 Å². The topological polar surface area (TPSA) is 66.5 Å². The van der Waals surface area contributed by atoms with E-state index in [4.69, 9.17) is 0 Å². The van der Waals surface area contributed by atoms with Gasteiger partial charge in [-0.1, -0.05) is 40.2 Å². The molecule has 4 rings (SSSR count). The van der Waals surface area contributed by atoms with Crippen LogP contribution in [0.4, 0.5) is 5.69 Å². The van der Waals surface area contributed by atoms with E-state index in [0.29, 0.717) is 16.6 Å². The van der Waals surface area contributed by atoms with Crippen LogP contribution in [-0.4, -0.2) is 20.4 Å². The molecule has 2 aromatic carbocycles. The summed E-state index contributed by atoms with van der Waals surface area (Å²) in [7, 11) is -3.81. The molecule has 1 aliphatic carbocycles. The van der Waals surface area contributed by atoms with E-state index in [1.165, 1.54) is 12.5 Å². The van der Waals surface area contributed by atoms with Crippen LogP contribution in [0.25, 0.3) is 0 Å². The molecule has 0 aromatic heterocycles. The van der Waals surface area contributed by atoms with Gasteiger partial charge in [-0.15, -0.1) is 0 Å². The van der Waals surface area contributed by atoms with Crippen molar-refractivity contribution >= 4 is 37.5 Å². The second-order valence-corrected chi connectivity index (χ2v) is 10.2. The zero-order valence-corrected chi connectivity index (χ0v) is 18.3. The Hall–Kier alpha value is -1.70. The zero-order chi connectivity index (χ0) is 20.1. The van der Waals surface area contributed by atoms with Crippen LogP contribution in [0.5, 0.6) is 0 Å². The van der Waals surface area contributed by atoms with Gasteiger partial charge in [-0.2, -0.15) is 0 Å². The number of benzene rings is 2. The maximum atomic E-state index is 13.4. The number of fused-ring (bicyclic) bond motifs is 2. The van der Waals surface area contributed by atoms with Gasteiger partial charge in [0.25, 0.3) is 0 Å². The third-order valence-electron chi connectivity index (χ3n) is 5.61. The first-order valence-electron chi connectivity index (χ1n) is 9.50. The minimum atomic E-state index is -3.81. The maximum Gasteiger partial charge on any atom is 0.243 e. The third-order valence-corrected chi connectivity index (χ3v) is 7.55. The van der Waals surface area contributed by atoms with E-state index in [-0.39, 0.29) is 22.9 Å². The molecule has 1 heterocycles. The van der Waals surface area contributed by atoms with Gasteiger partial charge >= 0.3 is 0 Å². The van der Waals surface area contributed by atoms with Crippen LogP contribution in [0.2, 0.25) is 0 Å². The van der Waals surface area contributed by atoms with Crippen molar-refractivity contribution in [3.63, 3.8) is 0 Å². The average Bonchev–Trinajstić information content (AvgIpc) is 2.96. The van der Waals surface area contributed by atoms with Gasteiger partial charge in [-0.05, 0) is 61.4 Å². The second-order valence-electron chi connectivity index (χ2n) is 7.62. The lowest BCUT2D eigenvalue weighted by Gasteiger charge is -2.28. The molecule has 148 valence electrons. The van der Waals surface area contributed by atoms with Gasteiger partial charge in [0, 0.05) is 23.5 Å². The summed E-state index contributed by atoms with van der Waals surface area (Å²) in [6, 6.07) is 11.2. The molecule has 5 nitrogen and oxygen atoms in total. The first kappa shape index (κ1) is 19.6. The fourth-order valence-corrected chi connectivity index (χ4v) is 6.66. The summed E-state index contributed by atoms with van der Waals surface area (Å²) in [5.74, 6) is -0.145. The van der Waals surface area contributed by atoms with Crippen molar-refractivity contribution in [2.45, 2.75) is 56.5 Å². The smallest absolute Gasteiger partial charge is 0.243 e. The highest BCUT2D eigenvalue weighted by atomic mass is 79.9. The summed E-state index contributed by atoms with van der Waals surface area (Å²) in [6.07, 6.45) is 3.32. The lowest BCUT2D eigenvalue weighted by molar-refractivity contribution is -0.116. The molecule has 1 amide bonds. The first-order valence-corrected chi connectivity index (χ1v) is 11.8. The summed E-state index contributed by atoms with van der Waals surface area (Å²) in [6.45, 7) is 3.42. The highest BCUT2D eigenvalue weighted by Gasteiger charge is 2.36. The Kier molecular flexibility index (Phi) is 5.10. The number of amides is 1. The van der Waals surface area contributed by atoms with Crippen LogP contribution in [-0.2, 0) is 27.7 Å². The van der Waals surface area contributed by atoms with Gasteiger partial charge in [0.15, 0.2) is 0 Å². The molecule has 0 bridgehead atoms. The highest BCUT2D eigenvalue weighted by Crippen LogP contribution is 2.41. The van der Waals surface area contributed by atoms with E-state index < -0.39 is 10.0 Å². The fourth-order valence-electron chi connectivity index (χ4n) is 4.49. The van der Waals surface area contributed by atoms with Gasteiger partial charge in [0.2, 0.25) is 15.9 Å². The number of nitrogens with zero attached hydrogens (tertiary/aromatic N) is 1. The molecule has 0 saturated carbocycles. The minimum absolute atomic E-state index is 0.0637.